The van der Waals surface area contributed by atoms with Gasteiger partial charge in [0, 0.05) is 10.0 Å². The van der Waals surface area contributed by atoms with Gasteiger partial charge in [0.15, 0.2) is 5.78 Å². The quantitative estimate of drug-likeness (QED) is 0.746. The average molecular weight is 329 g/mol. The number of hydrogen-bond acceptors (Lipinski definition) is 1. The van der Waals surface area contributed by atoms with Crippen molar-refractivity contribution in [2.75, 3.05) is 0 Å². The molecular weight excluding hydrogens is 321 g/mol. The molecule has 0 radical (unpaired) electrons. The van der Waals surface area contributed by atoms with Crippen molar-refractivity contribution in [3.05, 3.63) is 68.9 Å². The van der Waals surface area contributed by atoms with E-state index in [-0.39, 0.29) is 10.0 Å². The van der Waals surface area contributed by atoms with Gasteiger partial charge in [-0.1, -0.05) is 28.1 Å². The first-order chi connectivity index (χ1) is 8.90. The average Bonchev–Trinajstić information content (AvgIpc) is 2.31. The molecule has 0 amide bonds. The lowest BCUT2D eigenvalue weighted by molar-refractivity contribution is 0.103. The highest BCUT2D eigenvalue weighted by atomic mass is 79.9. The molecule has 0 atom stereocenters. The Morgan fingerprint density at radius 2 is 1.58 bits per heavy atom. The monoisotopic (exact) mass is 328 g/mol. The number of carbonyl (C=O) groups excluding carboxylic acids is 1. The van der Waals surface area contributed by atoms with Crippen LogP contribution in [-0.2, 0) is 0 Å². The number of hydrogen-bond donors (Lipinski definition) is 0. The Kier molecular flexibility index (Phi) is 3.75. The molecule has 0 bridgehead atoms. The Morgan fingerprint density at radius 3 is 2.11 bits per heavy atom. The van der Waals surface area contributed by atoms with Crippen LogP contribution >= 0.6 is 15.9 Å². The van der Waals surface area contributed by atoms with Crippen LogP contribution in [0.25, 0.3) is 0 Å². The fourth-order valence-electron chi connectivity index (χ4n) is 1.64. The molecule has 5 heteroatoms. The zero-order chi connectivity index (χ0) is 14.2. The Balaban J connectivity index is 2.53. The number of ketones is 1. The van der Waals surface area contributed by atoms with Gasteiger partial charge in [0.05, 0.1) is 5.56 Å². The van der Waals surface area contributed by atoms with Crippen LogP contribution in [0, 0.1) is 24.4 Å². The van der Waals surface area contributed by atoms with Crippen LogP contribution in [0.5, 0.6) is 0 Å². The van der Waals surface area contributed by atoms with E-state index in [4.69, 9.17) is 0 Å². The summed E-state index contributed by atoms with van der Waals surface area (Å²) in [6, 6.07) is 5.67. The van der Waals surface area contributed by atoms with Crippen molar-refractivity contribution >= 4 is 21.7 Å². The fraction of sp³-hybridized carbons (Fsp3) is 0.0714. The van der Waals surface area contributed by atoms with E-state index >= 15 is 0 Å². The summed E-state index contributed by atoms with van der Waals surface area (Å²) in [5.74, 6) is -3.46. The topological polar surface area (TPSA) is 17.1 Å². The van der Waals surface area contributed by atoms with Gasteiger partial charge in [-0.15, -0.1) is 0 Å². The van der Waals surface area contributed by atoms with Crippen LogP contribution in [0.15, 0.2) is 34.8 Å². The third-order valence-corrected chi connectivity index (χ3v) is 3.13. The smallest absolute Gasteiger partial charge is 0.199 e. The maximum absolute atomic E-state index is 13.6. The highest BCUT2D eigenvalue weighted by Crippen LogP contribution is 2.22. The first-order valence-corrected chi connectivity index (χ1v) is 6.15. The second kappa shape index (κ2) is 5.17. The van der Waals surface area contributed by atoms with Crippen molar-refractivity contribution in [1.29, 1.82) is 0 Å². The van der Waals surface area contributed by atoms with Crippen LogP contribution in [0.2, 0.25) is 0 Å². The lowest BCUT2D eigenvalue weighted by Gasteiger charge is -2.06. The van der Waals surface area contributed by atoms with E-state index in [0.717, 1.165) is 18.2 Å². The molecule has 2 aromatic carbocycles. The van der Waals surface area contributed by atoms with Crippen LogP contribution in [0.3, 0.4) is 0 Å². The van der Waals surface area contributed by atoms with Gasteiger partial charge in [-0.2, -0.15) is 0 Å². The molecule has 19 heavy (non-hydrogen) atoms. The molecule has 2 aromatic rings. The predicted molar refractivity (Wildman–Crippen MR) is 68.6 cm³/mol. The molecule has 0 heterocycles. The summed E-state index contributed by atoms with van der Waals surface area (Å²) in [5, 5.41) is 0. The van der Waals surface area contributed by atoms with Crippen LogP contribution < -0.4 is 0 Å². The summed E-state index contributed by atoms with van der Waals surface area (Å²) in [6.07, 6.45) is 0. The number of carbonyl (C=O) groups is 1. The number of rotatable bonds is 2. The Labute approximate surface area is 116 Å². The number of aryl methyl sites for hydroxylation is 1. The van der Waals surface area contributed by atoms with Gasteiger partial charge in [0.25, 0.3) is 0 Å². The summed E-state index contributed by atoms with van der Waals surface area (Å²) in [7, 11) is 0. The van der Waals surface area contributed by atoms with Crippen molar-refractivity contribution in [2.45, 2.75) is 6.92 Å². The van der Waals surface area contributed by atoms with Gasteiger partial charge in [-0.05, 0) is 30.7 Å². The molecule has 0 aliphatic rings. The summed E-state index contributed by atoms with van der Waals surface area (Å²) in [5.41, 5.74) is -0.428. The van der Waals surface area contributed by atoms with E-state index in [0.29, 0.717) is 5.56 Å². The molecule has 0 spiro atoms. The van der Waals surface area contributed by atoms with Gasteiger partial charge in [-0.25, -0.2) is 13.2 Å². The molecule has 0 N–H and O–H groups in total. The van der Waals surface area contributed by atoms with E-state index in [2.05, 4.69) is 15.9 Å². The van der Waals surface area contributed by atoms with Gasteiger partial charge < -0.3 is 0 Å². The van der Waals surface area contributed by atoms with Crippen LogP contribution in [0.4, 0.5) is 13.2 Å². The summed E-state index contributed by atoms with van der Waals surface area (Å²) >= 11 is 2.92. The molecule has 0 saturated heterocycles. The predicted octanol–water partition coefficient (Wildman–Crippen LogP) is 4.41. The van der Waals surface area contributed by atoms with E-state index < -0.39 is 28.8 Å². The Bertz CT molecular complexity index is 645. The normalized spacial score (nSPS) is 10.6. The first kappa shape index (κ1) is 13.8. The van der Waals surface area contributed by atoms with Gasteiger partial charge in [0.2, 0.25) is 0 Å². The van der Waals surface area contributed by atoms with Crippen molar-refractivity contribution < 1.29 is 18.0 Å². The molecule has 0 fully saturated rings. The van der Waals surface area contributed by atoms with Gasteiger partial charge in [-0.3, -0.25) is 4.79 Å². The fourth-order valence-corrected chi connectivity index (χ4v) is 2.04. The number of benzene rings is 2. The lowest BCUT2D eigenvalue weighted by atomic mass is 10.0. The number of halogens is 4. The molecule has 0 saturated carbocycles. The van der Waals surface area contributed by atoms with E-state index in [1.807, 2.05) is 0 Å². The summed E-state index contributed by atoms with van der Waals surface area (Å²) < 4.78 is 40.8. The summed E-state index contributed by atoms with van der Waals surface area (Å²) in [4.78, 5) is 12.0. The second-order valence-corrected chi connectivity index (χ2v) is 4.95. The molecule has 98 valence electrons. The van der Waals surface area contributed by atoms with Crippen LogP contribution in [0.1, 0.15) is 21.5 Å². The van der Waals surface area contributed by atoms with Crippen molar-refractivity contribution in [2.24, 2.45) is 0 Å². The van der Waals surface area contributed by atoms with Crippen molar-refractivity contribution in [3.63, 3.8) is 0 Å². The molecular formula is C14H8BrF3O. The standard InChI is InChI=1S/C14H8BrF3O/c1-7-2-3-8(4-10(7)16)14(19)13-11(17)5-9(15)6-12(13)18/h2-6H,1H3. The molecule has 0 unspecified atom stereocenters. The maximum Gasteiger partial charge on any atom is 0.199 e. The molecule has 0 aromatic heterocycles. The highest BCUT2D eigenvalue weighted by molar-refractivity contribution is 9.10. The summed E-state index contributed by atoms with van der Waals surface area (Å²) in [6.45, 7) is 1.53. The minimum Gasteiger partial charge on any atom is -0.288 e. The zero-order valence-electron chi connectivity index (χ0n) is 9.81. The molecule has 0 aliphatic carbocycles. The molecule has 2 rings (SSSR count). The van der Waals surface area contributed by atoms with E-state index in [9.17, 15) is 18.0 Å². The highest BCUT2D eigenvalue weighted by Gasteiger charge is 2.20. The van der Waals surface area contributed by atoms with Gasteiger partial charge >= 0.3 is 0 Å². The van der Waals surface area contributed by atoms with E-state index in [1.165, 1.54) is 19.1 Å². The third kappa shape index (κ3) is 2.71. The maximum atomic E-state index is 13.6. The minimum atomic E-state index is -0.988. The molecule has 0 aliphatic heterocycles. The Morgan fingerprint density at radius 1 is 1.00 bits per heavy atom. The Hall–Kier alpha value is -1.62. The SMILES string of the molecule is Cc1ccc(C(=O)c2c(F)cc(Br)cc2F)cc1F. The molecule has 1 nitrogen and oxygen atoms in total. The second-order valence-electron chi connectivity index (χ2n) is 4.04. The third-order valence-electron chi connectivity index (χ3n) is 2.67. The van der Waals surface area contributed by atoms with Crippen molar-refractivity contribution in [1.82, 2.24) is 0 Å². The van der Waals surface area contributed by atoms with E-state index in [1.54, 1.807) is 0 Å². The minimum absolute atomic E-state index is 0.0942. The van der Waals surface area contributed by atoms with Crippen LogP contribution in [-0.4, -0.2) is 5.78 Å². The van der Waals surface area contributed by atoms with Crippen molar-refractivity contribution in [3.8, 4) is 0 Å². The first-order valence-electron chi connectivity index (χ1n) is 5.35. The lowest BCUT2D eigenvalue weighted by Crippen LogP contribution is -2.08. The zero-order valence-corrected chi connectivity index (χ0v) is 11.4. The van der Waals surface area contributed by atoms with Gasteiger partial charge in [0.1, 0.15) is 17.5 Å². The largest absolute Gasteiger partial charge is 0.288 e.